The van der Waals surface area contributed by atoms with E-state index in [-0.39, 0.29) is 0 Å². The summed E-state index contributed by atoms with van der Waals surface area (Å²) in [6.45, 7) is 0. The zero-order valence-corrected chi connectivity index (χ0v) is 8.01. The van der Waals surface area contributed by atoms with Crippen LogP contribution in [0.4, 0.5) is 5.69 Å². The van der Waals surface area contributed by atoms with Crippen molar-refractivity contribution >= 4 is 28.5 Å². The van der Waals surface area contributed by atoms with E-state index in [1.807, 2.05) is 30.7 Å². The summed E-state index contributed by atoms with van der Waals surface area (Å²) in [5.41, 5.74) is 2.05. The Balaban J connectivity index is 2.49. The average molecular weight is 191 g/mol. The fourth-order valence-corrected chi connectivity index (χ4v) is 1.53. The van der Waals surface area contributed by atoms with Crippen LogP contribution in [0.2, 0.25) is 0 Å². The molecular formula is C9H9N3S. The van der Waals surface area contributed by atoms with Crippen LogP contribution in [0.3, 0.4) is 0 Å². The Labute approximate surface area is 80.7 Å². The molecule has 66 valence electrons. The smallest absolute Gasteiger partial charge is 0.116 e. The van der Waals surface area contributed by atoms with Crippen molar-refractivity contribution in [3.8, 4) is 0 Å². The Morgan fingerprint density at radius 1 is 1.38 bits per heavy atom. The van der Waals surface area contributed by atoms with Gasteiger partial charge in [-0.2, -0.15) is 0 Å². The van der Waals surface area contributed by atoms with Crippen molar-refractivity contribution in [2.75, 3.05) is 11.0 Å². The minimum absolute atomic E-state index is 0.974. The van der Waals surface area contributed by atoms with Crippen LogP contribution >= 0.6 is 11.9 Å². The quantitative estimate of drug-likeness (QED) is 0.739. The minimum atomic E-state index is 0.974. The van der Waals surface area contributed by atoms with Crippen LogP contribution in [0, 0.1) is 0 Å². The topological polar surface area (TPSA) is 37.8 Å². The molecule has 0 bridgehead atoms. The summed E-state index contributed by atoms with van der Waals surface area (Å²) < 4.78 is 3.16. The lowest BCUT2D eigenvalue weighted by atomic mass is 10.2. The monoisotopic (exact) mass is 191 g/mol. The van der Waals surface area contributed by atoms with Crippen molar-refractivity contribution in [3.05, 3.63) is 30.7 Å². The Morgan fingerprint density at radius 2 is 2.31 bits per heavy atom. The lowest BCUT2D eigenvalue weighted by Gasteiger charge is -2.02. The molecule has 0 amide bonds. The SMILES string of the molecule is CSNc1ccc2ncncc2c1. The maximum Gasteiger partial charge on any atom is 0.116 e. The van der Waals surface area contributed by atoms with Crippen LogP contribution in [0.15, 0.2) is 30.7 Å². The number of nitrogens with one attached hydrogen (secondary N) is 1. The van der Waals surface area contributed by atoms with Crippen LogP contribution in [-0.2, 0) is 0 Å². The van der Waals surface area contributed by atoms with Crippen LogP contribution in [0.5, 0.6) is 0 Å². The van der Waals surface area contributed by atoms with Crippen molar-refractivity contribution in [3.63, 3.8) is 0 Å². The summed E-state index contributed by atoms with van der Waals surface area (Å²) in [4.78, 5) is 8.11. The number of benzene rings is 1. The van der Waals surface area contributed by atoms with E-state index in [1.165, 1.54) is 0 Å². The van der Waals surface area contributed by atoms with Crippen molar-refractivity contribution in [1.29, 1.82) is 0 Å². The zero-order chi connectivity index (χ0) is 9.10. The van der Waals surface area contributed by atoms with E-state index in [2.05, 4.69) is 14.7 Å². The van der Waals surface area contributed by atoms with Crippen LogP contribution in [0.1, 0.15) is 0 Å². The molecule has 1 aromatic heterocycles. The molecule has 0 saturated heterocycles. The van der Waals surface area contributed by atoms with Gasteiger partial charge >= 0.3 is 0 Å². The van der Waals surface area contributed by atoms with Gasteiger partial charge in [0, 0.05) is 23.5 Å². The maximum absolute atomic E-state index is 4.14. The van der Waals surface area contributed by atoms with Gasteiger partial charge in [-0.25, -0.2) is 9.97 Å². The highest BCUT2D eigenvalue weighted by molar-refractivity contribution is 7.99. The molecule has 0 aliphatic carbocycles. The maximum atomic E-state index is 4.14. The lowest BCUT2D eigenvalue weighted by Crippen LogP contribution is -1.86. The molecule has 0 aliphatic rings. The lowest BCUT2D eigenvalue weighted by molar-refractivity contribution is 1.22. The van der Waals surface area contributed by atoms with E-state index in [0.29, 0.717) is 0 Å². The summed E-state index contributed by atoms with van der Waals surface area (Å²) in [7, 11) is 0. The van der Waals surface area contributed by atoms with E-state index in [0.717, 1.165) is 16.6 Å². The van der Waals surface area contributed by atoms with E-state index >= 15 is 0 Å². The first kappa shape index (κ1) is 8.31. The van der Waals surface area contributed by atoms with Gasteiger partial charge in [-0.15, -0.1) is 0 Å². The van der Waals surface area contributed by atoms with Crippen LogP contribution in [0.25, 0.3) is 10.9 Å². The standard InChI is InChI=1S/C9H9N3S/c1-13-12-8-2-3-9-7(4-8)5-10-6-11-9/h2-6,12H,1H3. The number of anilines is 1. The molecule has 0 atom stereocenters. The van der Waals surface area contributed by atoms with E-state index < -0.39 is 0 Å². The van der Waals surface area contributed by atoms with Gasteiger partial charge in [-0.3, -0.25) is 0 Å². The molecule has 0 radical (unpaired) electrons. The van der Waals surface area contributed by atoms with Gasteiger partial charge in [-0.1, -0.05) is 11.9 Å². The first-order chi connectivity index (χ1) is 6.40. The molecule has 2 aromatic rings. The highest BCUT2D eigenvalue weighted by Gasteiger charge is 1.95. The van der Waals surface area contributed by atoms with Gasteiger partial charge in [0.25, 0.3) is 0 Å². The number of nitrogens with zero attached hydrogens (tertiary/aromatic N) is 2. The highest BCUT2D eigenvalue weighted by atomic mass is 32.2. The third kappa shape index (κ3) is 1.72. The Kier molecular flexibility index (Phi) is 2.31. The van der Waals surface area contributed by atoms with Crippen molar-refractivity contribution in [2.24, 2.45) is 0 Å². The van der Waals surface area contributed by atoms with Crippen molar-refractivity contribution < 1.29 is 0 Å². The van der Waals surface area contributed by atoms with Gasteiger partial charge < -0.3 is 4.72 Å². The van der Waals surface area contributed by atoms with Crippen LogP contribution < -0.4 is 4.72 Å². The van der Waals surface area contributed by atoms with Gasteiger partial charge in [0.2, 0.25) is 0 Å². The fraction of sp³-hybridized carbons (Fsp3) is 0.111. The summed E-state index contributed by atoms with van der Waals surface area (Å²) in [6, 6.07) is 6.02. The molecule has 4 heteroatoms. The highest BCUT2D eigenvalue weighted by Crippen LogP contribution is 2.17. The average Bonchev–Trinajstić information content (AvgIpc) is 2.18. The first-order valence-corrected chi connectivity index (χ1v) is 5.11. The molecule has 13 heavy (non-hydrogen) atoms. The molecule has 2 rings (SSSR count). The van der Waals surface area contributed by atoms with E-state index in [4.69, 9.17) is 0 Å². The first-order valence-electron chi connectivity index (χ1n) is 3.89. The molecule has 0 spiro atoms. The second kappa shape index (κ2) is 3.62. The minimum Gasteiger partial charge on any atom is -0.330 e. The number of aromatic nitrogens is 2. The molecular weight excluding hydrogens is 182 g/mol. The van der Waals surface area contributed by atoms with E-state index in [9.17, 15) is 0 Å². The van der Waals surface area contributed by atoms with Gasteiger partial charge in [0.05, 0.1) is 5.52 Å². The number of hydrogen-bond acceptors (Lipinski definition) is 4. The predicted molar refractivity (Wildman–Crippen MR) is 56.7 cm³/mol. The molecule has 1 N–H and O–H groups in total. The molecule has 3 nitrogen and oxygen atoms in total. The fourth-order valence-electron chi connectivity index (χ4n) is 1.17. The zero-order valence-electron chi connectivity index (χ0n) is 7.19. The molecule has 0 unspecified atom stereocenters. The van der Waals surface area contributed by atoms with Crippen molar-refractivity contribution in [1.82, 2.24) is 9.97 Å². The molecule has 0 fully saturated rings. The number of hydrogen-bond donors (Lipinski definition) is 1. The molecule has 0 saturated carbocycles. The number of fused-ring (bicyclic) bond motifs is 1. The second-order valence-electron chi connectivity index (χ2n) is 2.60. The Hall–Kier alpha value is -1.29. The third-order valence-corrected chi connectivity index (χ3v) is 2.16. The van der Waals surface area contributed by atoms with Gasteiger partial charge in [0.15, 0.2) is 0 Å². The normalized spacial score (nSPS) is 10.2. The third-order valence-electron chi connectivity index (χ3n) is 1.72. The second-order valence-corrected chi connectivity index (χ2v) is 3.21. The Bertz CT molecular complexity index is 416. The molecule has 0 aliphatic heterocycles. The summed E-state index contributed by atoms with van der Waals surface area (Å²) in [5.74, 6) is 0. The Morgan fingerprint density at radius 3 is 3.15 bits per heavy atom. The predicted octanol–water partition coefficient (Wildman–Crippen LogP) is 2.32. The summed E-state index contributed by atoms with van der Waals surface area (Å²) in [5, 5.41) is 1.06. The largest absolute Gasteiger partial charge is 0.330 e. The van der Waals surface area contributed by atoms with Gasteiger partial charge in [0.1, 0.15) is 6.33 Å². The summed E-state index contributed by atoms with van der Waals surface area (Å²) in [6.07, 6.45) is 5.36. The van der Waals surface area contributed by atoms with Crippen LogP contribution in [-0.4, -0.2) is 16.2 Å². The molecule has 1 aromatic carbocycles. The van der Waals surface area contributed by atoms with Crippen molar-refractivity contribution in [2.45, 2.75) is 0 Å². The molecule has 1 heterocycles. The van der Waals surface area contributed by atoms with Gasteiger partial charge in [-0.05, 0) is 18.2 Å². The van der Waals surface area contributed by atoms with E-state index in [1.54, 1.807) is 18.3 Å². The number of rotatable bonds is 2. The summed E-state index contributed by atoms with van der Waals surface area (Å²) >= 11 is 1.57.